The lowest BCUT2D eigenvalue weighted by atomic mass is 10.1. The molecule has 0 aliphatic carbocycles. The molecule has 0 spiro atoms. The number of nitrogens with two attached hydrogens (primary N) is 1. The minimum Gasteiger partial charge on any atom is -0.491 e. The van der Waals surface area contributed by atoms with Crippen LogP contribution in [0.2, 0.25) is 0 Å². The van der Waals surface area contributed by atoms with Crippen LogP contribution in [0.25, 0.3) is 10.9 Å². The van der Waals surface area contributed by atoms with Crippen LogP contribution in [0.15, 0.2) is 60.8 Å². The molecule has 2 aromatic carbocycles. The first-order valence-corrected chi connectivity index (χ1v) is 7.68. The van der Waals surface area contributed by atoms with E-state index >= 15 is 0 Å². The Morgan fingerprint density at radius 3 is 2.67 bits per heavy atom. The molecule has 0 aliphatic heterocycles. The van der Waals surface area contributed by atoms with Crippen LogP contribution in [0.4, 0.5) is 0 Å². The van der Waals surface area contributed by atoms with E-state index in [9.17, 15) is 9.90 Å². The molecule has 0 fully saturated rings. The zero-order chi connectivity index (χ0) is 16.9. The van der Waals surface area contributed by atoms with Gasteiger partial charge in [-0.15, -0.1) is 0 Å². The second-order valence-corrected chi connectivity index (χ2v) is 5.58. The maximum atomic E-state index is 11.6. The van der Waals surface area contributed by atoms with Crippen LogP contribution in [-0.2, 0) is 6.42 Å². The monoisotopic (exact) mass is 322 g/mol. The Balaban J connectivity index is 1.77. The van der Waals surface area contributed by atoms with Crippen molar-refractivity contribution >= 4 is 16.9 Å². The highest BCUT2D eigenvalue weighted by Gasteiger charge is 2.17. The zero-order valence-corrected chi connectivity index (χ0v) is 13.1. The SMILES string of the molecule is N[C@@H](COc1ccc2cccnc2c1C(=O)O)Cc1ccccc1. The van der Waals surface area contributed by atoms with E-state index in [-0.39, 0.29) is 24.0 Å². The first-order chi connectivity index (χ1) is 11.6. The molecule has 3 rings (SSSR count). The van der Waals surface area contributed by atoms with Gasteiger partial charge in [0.15, 0.2) is 0 Å². The molecule has 0 aliphatic rings. The van der Waals surface area contributed by atoms with Gasteiger partial charge in [-0.25, -0.2) is 4.79 Å². The molecular formula is C19H18N2O3. The van der Waals surface area contributed by atoms with Gasteiger partial charge in [-0.2, -0.15) is 0 Å². The number of carboxylic acids is 1. The number of aromatic carboxylic acids is 1. The number of ether oxygens (including phenoxy) is 1. The molecule has 1 aromatic heterocycles. The van der Waals surface area contributed by atoms with Crippen LogP contribution in [-0.4, -0.2) is 28.7 Å². The average Bonchev–Trinajstić information content (AvgIpc) is 2.60. The van der Waals surface area contributed by atoms with Crippen molar-refractivity contribution in [3.63, 3.8) is 0 Å². The third kappa shape index (κ3) is 3.52. The Morgan fingerprint density at radius 1 is 1.12 bits per heavy atom. The minimum absolute atomic E-state index is 0.0695. The van der Waals surface area contributed by atoms with Gasteiger partial charge in [0.05, 0.1) is 5.52 Å². The summed E-state index contributed by atoms with van der Waals surface area (Å²) < 4.78 is 5.69. The number of hydrogen-bond acceptors (Lipinski definition) is 4. The van der Waals surface area contributed by atoms with E-state index in [1.807, 2.05) is 36.4 Å². The molecule has 5 heteroatoms. The second-order valence-electron chi connectivity index (χ2n) is 5.58. The molecule has 0 saturated heterocycles. The van der Waals surface area contributed by atoms with Crippen molar-refractivity contribution in [3.05, 3.63) is 71.9 Å². The predicted molar refractivity (Wildman–Crippen MR) is 92.3 cm³/mol. The average molecular weight is 322 g/mol. The third-order valence-corrected chi connectivity index (χ3v) is 3.74. The fraction of sp³-hybridized carbons (Fsp3) is 0.158. The molecular weight excluding hydrogens is 304 g/mol. The molecule has 0 amide bonds. The first kappa shape index (κ1) is 16.0. The van der Waals surface area contributed by atoms with Crippen LogP contribution >= 0.6 is 0 Å². The predicted octanol–water partition coefficient (Wildman–Crippen LogP) is 2.88. The van der Waals surface area contributed by atoms with E-state index in [2.05, 4.69) is 4.98 Å². The lowest BCUT2D eigenvalue weighted by Gasteiger charge is -2.15. The Bertz CT molecular complexity index is 850. The number of pyridine rings is 1. The van der Waals surface area contributed by atoms with E-state index < -0.39 is 5.97 Å². The van der Waals surface area contributed by atoms with Crippen molar-refractivity contribution in [3.8, 4) is 5.75 Å². The van der Waals surface area contributed by atoms with Gasteiger partial charge in [-0.1, -0.05) is 36.4 Å². The van der Waals surface area contributed by atoms with Gasteiger partial charge in [0.2, 0.25) is 0 Å². The highest BCUT2D eigenvalue weighted by Crippen LogP contribution is 2.26. The molecule has 5 nitrogen and oxygen atoms in total. The number of hydrogen-bond donors (Lipinski definition) is 2. The highest BCUT2D eigenvalue weighted by molar-refractivity contribution is 6.04. The number of fused-ring (bicyclic) bond motifs is 1. The lowest BCUT2D eigenvalue weighted by molar-refractivity contribution is 0.0694. The van der Waals surface area contributed by atoms with Gasteiger partial charge in [-0.05, 0) is 30.2 Å². The van der Waals surface area contributed by atoms with Gasteiger partial charge < -0.3 is 15.6 Å². The fourth-order valence-electron chi connectivity index (χ4n) is 2.63. The minimum atomic E-state index is -1.06. The van der Waals surface area contributed by atoms with Crippen LogP contribution in [0, 0.1) is 0 Å². The smallest absolute Gasteiger partial charge is 0.341 e. The van der Waals surface area contributed by atoms with E-state index in [0.29, 0.717) is 11.9 Å². The Labute approximate surface area is 139 Å². The molecule has 0 bridgehead atoms. The summed E-state index contributed by atoms with van der Waals surface area (Å²) in [5, 5.41) is 10.3. The normalized spacial score (nSPS) is 12.0. The number of carboxylic acid groups (broad SMARTS) is 1. The summed E-state index contributed by atoms with van der Waals surface area (Å²) in [7, 11) is 0. The van der Waals surface area contributed by atoms with Crippen molar-refractivity contribution in [2.75, 3.05) is 6.61 Å². The maximum absolute atomic E-state index is 11.6. The van der Waals surface area contributed by atoms with Gasteiger partial charge in [-0.3, -0.25) is 4.98 Å². The maximum Gasteiger partial charge on any atom is 0.341 e. The van der Waals surface area contributed by atoms with Crippen molar-refractivity contribution in [1.29, 1.82) is 0 Å². The van der Waals surface area contributed by atoms with Crippen LogP contribution < -0.4 is 10.5 Å². The number of benzene rings is 2. The largest absolute Gasteiger partial charge is 0.491 e. The third-order valence-electron chi connectivity index (χ3n) is 3.74. The quantitative estimate of drug-likeness (QED) is 0.729. The summed E-state index contributed by atoms with van der Waals surface area (Å²) in [6.07, 6.45) is 2.23. The zero-order valence-electron chi connectivity index (χ0n) is 13.1. The summed E-state index contributed by atoms with van der Waals surface area (Å²) in [4.78, 5) is 15.8. The molecule has 1 heterocycles. The Morgan fingerprint density at radius 2 is 1.92 bits per heavy atom. The van der Waals surface area contributed by atoms with E-state index in [0.717, 1.165) is 10.9 Å². The Kier molecular flexibility index (Phi) is 4.72. The molecule has 0 radical (unpaired) electrons. The number of rotatable bonds is 6. The van der Waals surface area contributed by atoms with E-state index in [1.165, 1.54) is 0 Å². The highest BCUT2D eigenvalue weighted by atomic mass is 16.5. The van der Waals surface area contributed by atoms with E-state index in [1.54, 1.807) is 24.4 Å². The van der Waals surface area contributed by atoms with Crippen molar-refractivity contribution in [1.82, 2.24) is 4.98 Å². The summed E-state index contributed by atoms with van der Waals surface area (Å²) >= 11 is 0. The van der Waals surface area contributed by atoms with E-state index in [4.69, 9.17) is 10.5 Å². The van der Waals surface area contributed by atoms with Gasteiger partial charge in [0, 0.05) is 17.6 Å². The molecule has 122 valence electrons. The number of carbonyl (C=O) groups is 1. The molecule has 3 N–H and O–H groups in total. The van der Waals surface area contributed by atoms with Gasteiger partial charge in [0.25, 0.3) is 0 Å². The van der Waals surface area contributed by atoms with Crippen molar-refractivity contribution in [2.45, 2.75) is 12.5 Å². The van der Waals surface area contributed by atoms with Crippen LogP contribution in [0.1, 0.15) is 15.9 Å². The molecule has 0 saturated carbocycles. The fourth-order valence-corrected chi connectivity index (χ4v) is 2.63. The van der Waals surface area contributed by atoms with Gasteiger partial charge >= 0.3 is 5.97 Å². The first-order valence-electron chi connectivity index (χ1n) is 7.68. The number of aromatic nitrogens is 1. The summed E-state index contributed by atoms with van der Waals surface area (Å²) in [5.74, 6) is -0.775. The molecule has 0 unspecified atom stereocenters. The molecule has 1 atom stereocenters. The number of nitrogens with zero attached hydrogens (tertiary/aromatic N) is 1. The summed E-state index contributed by atoms with van der Waals surface area (Å²) in [6, 6.07) is 16.7. The second kappa shape index (κ2) is 7.10. The summed E-state index contributed by atoms with van der Waals surface area (Å²) in [6.45, 7) is 0.230. The van der Waals surface area contributed by atoms with Crippen LogP contribution in [0.5, 0.6) is 5.75 Å². The van der Waals surface area contributed by atoms with Crippen LogP contribution in [0.3, 0.4) is 0 Å². The summed E-state index contributed by atoms with van der Waals surface area (Å²) in [5.41, 5.74) is 7.71. The standard InChI is InChI=1S/C19H18N2O3/c20-15(11-13-5-2-1-3-6-13)12-24-16-9-8-14-7-4-10-21-18(14)17(16)19(22)23/h1-10,15H,11-12,20H2,(H,22,23)/t15-/m1/s1. The lowest BCUT2D eigenvalue weighted by Crippen LogP contribution is -2.30. The topological polar surface area (TPSA) is 85.4 Å². The van der Waals surface area contributed by atoms with Gasteiger partial charge in [0.1, 0.15) is 17.9 Å². The molecule has 3 aromatic rings. The Hall–Kier alpha value is -2.92. The molecule has 24 heavy (non-hydrogen) atoms. The van der Waals surface area contributed by atoms with Crippen molar-refractivity contribution < 1.29 is 14.6 Å². The van der Waals surface area contributed by atoms with Crippen molar-refractivity contribution in [2.24, 2.45) is 5.73 Å².